The van der Waals surface area contributed by atoms with Gasteiger partial charge in [-0.3, -0.25) is 4.79 Å². The van der Waals surface area contributed by atoms with Gasteiger partial charge in [-0.2, -0.15) is 0 Å². The largest absolute Gasteiger partial charge is 0.368 e. The van der Waals surface area contributed by atoms with Gasteiger partial charge in [0, 0.05) is 12.0 Å². The number of carbonyl (C=O) groups is 1. The molecule has 0 radical (unpaired) electrons. The van der Waals surface area contributed by atoms with Gasteiger partial charge in [-0.05, 0) is 69.7 Å². The highest BCUT2D eigenvalue weighted by molar-refractivity contribution is 7.16. The van der Waals surface area contributed by atoms with Crippen molar-refractivity contribution in [1.29, 1.82) is 0 Å². The molecule has 0 aromatic carbocycles. The van der Waals surface area contributed by atoms with Gasteiger partial charge in [0.05, 0.1) is 5.00 Å². The summed E-state index contributed by atoms with van der Waals surface area (Å²) in [6, 6.07) is 0. The molecular weight excluding hydrogens is 284 g/mol. The van der Waals surface area contributed by atoms with Crippen LogP contribution in [0.5, 0.6) is 0 Å². The molecule has 1 aromatic rings. The van der Waals surface area contributed by atoms with Crippen molar-refractivity contribution in [3.05, 3.63) is 16.0 Å². The molecule has 21 heavy (non-hydrogen) atoms. The van der Waals surface area contributed by atoms with E-state index < -0.39 is 5.60 Å². The molecule has 0 spiro atoms. The van der Waals surface area contributed by atoms with Crippen molar-refractivity contribution in [2.45, 2.75) is 51.0 Å². The highest BCUT2D eigenvalue weighted by Crippen LogP contribution is 2.38. The Bertz CT molecular complexity index is 533. The number of aryl methyl sites for hydroxylation is 1. The standard InChI is InChI=1S/C16H24N2O2S/c1-11-12-5-3-4-6-13(12)21-14(11)18-15(19)16(20-2)7-9-17-10-8-16/h17H,3-10H2,1-2H3,(H,18,19). The molecule has 2 N–H and O–H groups in total. The molecule has 2 aliphatic rings. The first-order valence-corrected chi connectivity index (χ1v) is 8.66. The second kappa shape index (κ2) is 6.07. The Labute approximate surface area is 130 Å². The first kappa shape index (κ1) is 15.0. The lowest BCUT2D eigenvalue weighted by Gasteiger charge is -2.34. The van der Waals surface area contributed by atoms with Crippen LogP contribution < -0.4 is 10.6 Å². The lowest BCUT2D eigenvalue weighted by atomic mass is 9.91. The van der Waals surface area contributed by atoms with E-state index in [2.05, 4.69) is 17.6 Å². The normalized spacial score (nSPS) is 20.9. The number of hydrogen-bond acceptors (Lipinski definition) is 4. The van der Waals surface area contributed by atoms with Crippen LogP contribution in [0.4, 0.5) is 5.00 Å². The summed E-state index contributed by atoms with van der Waals surface area (Å²) in [6.07, 6.45) is 6.33. The molecule has 5 heteroatoms. The number of piperidine rings is 1. The van der Waals surface area contributed by atoms with Crippen molar-refractivity contribution in [2.24, 2.45) is 0 Å². The van der Waals surface area contributed by atoms with Gasteiger partial charge < -0.3 is 15.4 Å². The van der Waals surface area contributed by atoms with Gasteiger partial charge in [-0.1, -0.05) is 0 Å². The fraction of sp³-hybridized carbons (Fsp3) is 0.688. The van der Waals surface area contributed by atoms with Crippen molar-refractivity contribution in [3.8, 4) is 0 Å². The second-order valence-electron chi connectivity index (χ2n) is 6.07. The lowest BCUT2D eigenvalue weighted by Crippen LogP contribution is -2.51. The average molecular weight is 308 g/mol. The molecule has 1 aliphatic carbocycles. The quantitative estimate of drug-likeness (QED) is 0.902. The molecule has 0 bridgehead atoms. The Kier molecular flexibility index (Phi) is 4.33. The van der Waals surface area contributed by atoms with Crippen LogP contribution in [0, 0.1) is 6.92 Å². The monoisotopic (exact) mass is 308 g/mol. The fourth-order valence-corrected chi connectivity index (χ4v) is 4.71. The summed E-state index contributed by atoms with van der Waals surface area (Å²) < 4.78 is 5.61. The molecule has 3 rings (SSSR count). The number of anilines is 1. The Balaban J connectivity index is 1.79. The Morgan fingerprint density at radius 3 is 2.67 bits per heavy atom. The van der Waals surface area contributed by atoms with Crippen LogP contribution in [0.25, 0.3) is 0 Å². The number of carbonyl (C=O) groups excluding carboxylic acids is 1. The Hall–Kier alpha value is -0.910. The van der Waals surface area contributed by atoms with E-state index in [0.717, 1.165) is 43.8 Å². The second-order valence-corrected chi connectivity index (χ2v) is 7.17. The maximum atomic E-state index is 12.7. The predicted octanol–water partition coefficient (Wildman–Crippen LogP) is 2.64. The van der Waals surface area contributed by atoms with E-state index in [9.17, 15) is 4.79 Å². The third-order valence-corrected chi connectivity index (χ3v) is 6.19. The summed E-state index contributed by atoms with van der Waals surface area (Å²) in [6.45, 7) is 3.81. The van der Waals surface area contributed by atoms with Crippen LogP contribution in [-0.2, 0) is 22.4 Å². The van der Waals surface area contributed by atoms with Crippen molar-refractivity contribution in [3.63, 3.8) is 0 Å². The van der Waals surface area contributed by atoms with Crippen LogP contribution in [0.1, 0.15) is 41.7 Å². The molecule has 0 unspecified atom stereocenters. The van der Waals surface area contributed by atoms with E-state index in [0.29, 0.717) is 0 Å². The Morgan fingerprint density at radius 1 is 1.29 bits per heavy atom. The van der Waals surface area contributed by atoms with Crippen LogP contribution in [-0.4, -0.2) is 31.7 Å². The molecule has 1 fully saturated rings. The van der Waals surface area contributed by atoms with E-state index in [1.165, 1.54) is 28.8 Å². The van der Waals surface area contributed by atoms with Gasteiger partial charge in [0.15, 0.2) is 0 Å². The summed E-state index contributed by atoms with van der Waals surface area (Å²) in [5.74, 6) is 0.0215. The van der Waals surface area contributed by atoms with Gasteiger partial charge in [0.2, 0.25) is 0 Å². The van der Waals surface area contributed by atoms with E-state index in [4.69, 9.17) is 4.74 Å². The first-order chi connectivity index (χ1) is 10.2. The number of hydrogen-bond donors (Lipinski definition) is 2. The average Bonchev–Trinajstić information content (AvgIpc) is 2.84. The minimum absolute atomic E-state index is 0.0215. The van der Waals surface area contributed by atoms with Crippen molar-refractivity contribution >= 4 is 22.2 Å². The predicted molar refractivity (Wildman–Crippen MR) is 86.2 cm³/mol. The minimum Gasteiger partial charge on any atom is -0.368 e. The molecule has 1 aromatic heterocycles. The molecule has 0 atom stereocenters. The van der Waals surface area contributed by atoms with Crippen LogP contribution >= 0.6 is 11.3 Å². The van der Waals surface area contributed by atoms with Gasteiger partial charge in [0.1, 0.15) is 5.60 Å². The third kappa shape index (κ3) is 2.74. The van der Waals surface area contributed by atoms with Crippen LogP contribution in [0.15, 0.2) is 0 Å². The first-order valence-electron chi connectivity index (χ1n) is 7.85. The van der Waals surface area contributed by atoms with Crippen molar-refractivity contribution in [2.75, 3.05) is 25.5 Å². The molecular formula is C16H24N2O2S. The van der Waals surface area contributed by atoms with E-state index in [1.807, 2.05) is 0 Å². The van der Waals surface area contributed by atoms with Gasteiger partial charge in [-0.25, -0.2) is 0 Å². The fourth-order valence-electron chi connectivity index (χ4n) is 3.41. The van der Waals surface area contributed by atoms with Crippen molar-refractivity contribution < 1.29 is 9.53 Å². The summed E-state index contributed by atoms with van der Waals surface area (Å²) in [5.41, 5.74) is 2.07. The lowest BCUT2D eigenvalue weighted by molar-refractivity contribution is -0.140. The maximum Gasteiger partial charge on any atom is 0.257 e. The number of amides is 1. The molecule has 116 valence electrons. The maximum absolute atomic E-state index is 12.7. The van der Waals surface area contributed by atoms with E-state index >= 15 is 0 Å². The van der Waals surface area contributed by atoms with Crippen LogP contribution in [0.3, 0.4) is 0 Å². The highest BCUT2D eigenvalue weighted by Gasteiger charge is 2.40. The zero-order valence-electron chi connectivity index (χ0n) is 12.9. The summed E-state index contributed by atoms with van der Waals surface area (Å²) >= 11 is 1.76. The summed E-state index contributed by atoms with van der Waals surface area (Å²) in [7, 11) is 1.65. The number of fused-ring (bicyclic) bond motifs is 1. The van der Waals surface area contributed by atoms with E-state index in [1.54, 1.807) is 18.4 Å². The SMILES string of the molecule is COC1(C(=O)Nc2sc3c(c2C)CCCC3)CCNCC1. The Morgan fingerprint density at radius 2 is 2.00 bits per heavy atom. The number of methoxy groups -OCH3 is 1. The molecule has 0 saturated carbocycles. The zero-order valence-corrected chi connectivity index (χ0v) is 13.7. The number of ether oxygens (including phenoxy) is 1. The molecule has 1 aliphatic heterocycles. The molecule has 4 nitrogen and oxygen atoms in total. The topological polar surface area (TPSA) is 50.4 Å². The smallest absolute Gasteiger partial charge is 0.257 e. The van der Waals surface area contributed by atoms with Crippen molar-refractivity contribution in [1.82, 2.24) is 5.32 Å². The summed E-state index contributed by atoms with van der Waals surface area (Å²) in [5, 5.41) is 7.47. The third-order valence-electron chi connectivity index (χ3n) is 4.88. The highest BCUT2D eigenvalue weighted by atomic mass is 32.1. The number of rotatable bonds is 3. The number of nitrogens with one attached hydrogen (secondary N) is 2. The van der Waals surface area contributed by atoms with E-state index in [-0.39, 0.29) is 5.91 Å². The molecule has 1 amide bonds. The van der Waals surface area contributed by atoms with Gasteiger partial charge in [0.25, 0.3) is 5.91 Å². The summed E-state index contributed by atoms with van der Waals surface area (Å²) in [4.78, 5) is 14.2. The zero-order chi connectivity index (χ0) is 14.9. The van der Waals surface area contributed by atoms with Gasteiger partial charge in [-0.15, -0.1) is 11.3 Å². The minimum atomic E-state index is -0.664. The molecule has 1 saturated heterocycles. The number of thiophene rings is 1. The van der Waals surface area contributed by atoms with Gasteiger partial charge >= 0.3 is 0 Å². The van der Waals surface area contributed by atoms with Crippen LogP contribution in [0.2, 0.25) is 0 Å². The molecule has 2 heterocycles.